The molecule has 0 saturated carbocycles. The van der Waals surface area contributed by atoms with Crippen LogP contribution in [-0.2, 0) is 13.1 Å². The highest BCUT2D eigenvalue weighted by Crippen LogP contribution is 2.16. The number of hydrogen-bond acceptors (Lipinski definition) is 6. The predicted octanol–water partition coefficient (Wildman–Crippen LogP) is 2.78. The Hall–Kier alpha value is -2.05. The number of pyridine rings is 1. The van der Waals surface area contributed by atoms with Gasteiger partial charge in [0.05, 0.1) is 11.7 Å². The summed E-state index contributed by atoms with van der Waals surface area (Å²) in [7, 11) is 6.11. The fraction of sp³-hybridized carbons (Fsp3) is 0.312. The van der Waals surface area contributed by atoms with E-state index in [4.69, 9.17) is 0 Å². The second kappa shape index (κ2) is 6.37. The Labute approximate surface area is 134 Å². The number of rotatable bonds is 5. The van der Waals surface area contributed by atoms with E-state index < -0.39 is 0 Å². The SMILES string of the molecule is CN(Cc1ccc(N(C)C)nc1)Cc1ccc2nsnc2c1. The Bertz CT molecular complexity index is 751. The molecule has 0 fully saturated rings. The lowest BCUT2D eigenvalue weighted by Crippen LogP contribution is -2.17. The predicted molar refractivity (Wildman–Crippen MR) is 91.2 cm³/mol. The van der Waals surface area contributed by atoms with Crippen LogP contribution < -0.4 is 4.90 Å². The van der Waals surface area contributed by atoms with Crippen LogP contribution in [0.15, 0.2) is 36.5 Å². The quantitative estimate of drug-likeness (QED) is 0.725. The van der Waals surface area contributed by atoms with Gasteiger partial charge in [-0.25, -0.2) is 4.98 Å². The third-order valence-corrected chi connectivity index (χ3v) is 4.05. The van der Waals surface area contributed by atoms with E-state index in [0.29, 0.717) is 0 Å². The van der Waals surface area contributed by atoms with E-state index in [9.17, 15) is 0 Å². The van der Waals surface area contributed by atoms with Gasteiger partial charge in [0.25, 0.3) is 0 Å². The van der Waals surface area contributed by atoms with Crippen LogP contribution in [0, 0.1) is 0 Å². The fourth-order valence-corrected chi connectivity index (χ4v) is 2.90. The van der Waals surface area contributed by atoms with Crippen molar-refractivity contribution in [3.8, 4) is 0 Å². The molecule has 0 bridgehead atoms. The van der Waals surface area contributed by atoms with E-state index in [1.165, 1.54) is 22.9 Å². The molecule has 0 N–H and O–H groups in total. The first-order valence-corrected chi connectivity index (χ1v) is 7.87. The number of benzene rings is 1. The topological polar surface area (TPSA) is 45.2 Å². The third kappa shape index (κ3) is 3.40. The van der Waals surface area contributed by atoms with Gasteiger partial charge in [0.15, 0.2) is 0 Å². The van der Waals surface area contributed by atoms with E-state index in [-0.39, 0.29) is 0 Å². The number of hydrogen-bond donors (Lipinski definition) is 0. The summed E-state index contributed by atoms with van der Waals surface area (Å²) >= 11 is 1.26. The lowest BCUT2D eigenvalue weighted by molar-refractivity contribution is 0.319. The largest absolute Gasteiger partial charge is 0.363 e. The van der Waals surface area contributed by atoms with Crippen LogP contribution in [0.2, 0.25) is 0 Å². The van der Waals surface area contributed by atoms with Crippen molar-refractivity contribution in [1.82, 2.24) is 18.6 Å². The molecule has 5 nitrogen and oxygen atoms in total. The molecular formula is C16H19N5S. The Kier molecular flexibility index (Phi) is 4.31. The van der Waals surface area contributed by atoms with E-state index in [1.54, 1.807) is 0 Å². The fourth-order valence-electron chi connectivity index (χ4n) is 2.38. The van der Waals surface area contributed by atoms with E-state index in [0.717, 1.165) is 29.9 Å². The lowest BCUT2D eigenvalue weighted by Gasteiger charge is -2.17. The van der Waals surface area contributed by atoms with Crippen LogP contribution in [0.1, 0.15) is 11.1 Å². The summed E-state index contributed by atoms with van der Waals surface area (Å²) in [6.45, 7) is 1.75. The Morgan fingerprint density at radius 2 is 1.64 bits per heavy atom. The summed E-state index contributed by atoms with van der Waals surface area (Å²) in [6.07, 6.45) is 1.94. The first-order valence-electron chi connectivity index (χ1n) is 7.14. The van der Waals surface area contributed by atoms with Crippen LogP contribution in [0.3, 0.4) is 0 Å². The zero-order valence-corrected chi connectivity index (χ0v) is 13.8. The first kappa shape index (κ1) is 14.9. The number of anilines is 1. The van der Waals surface area contributed by atoms with E-state index >= 15 is 0 Å². The van der Waals surface area contributed by atoms with Gasteiger partial charge in [-0.05, 0) is 36.4 Å². The monoisotopic (exact) mass is 313 g/mol. The molecule has 0 saturated heterocycles. The average molecular weight is 313 g/mol. The molecule has 114 valence electrons. The minimum atomic E-state index is 0.869. The van der Waals surface area contributed by atoms with Gasteiger partial charge in [0.1, 0.15) is 16.9 Å². The van der Waals surface area contributed by atoms with E-state index in [1.807, 2.05) is 31.3 Å². The van der Waals surface area contributed by atoms with Crippen molar-refractivity contribution in [3.05, 3.63) is 47.7 Å². The second-order valence-corrected chi connectivity index (χ2v) is 6.21. The van der Waals surface area contributed by atoms with Gasteiger partial charge in [0.2, 0.25) is 0 Å². The highest BCUT2D eigenvalue weighted by Gasteiger charge is 2.05. The molecule has 1 aromatic carbocycles. The highest BCUT2D eigenvalue weighted by molar-refractivity contribution is 7.00. The number of nitrogens with zero attached hydrogens (tertiary/aromatic N) is 5. The molecule has 0 atom stereocenters. The molecule has 0 aliphatic carbocycles. The van der Waals surface area contributed by atoms with Gasteiger partial charge < -0.3 is 4.90 Å². The van der Waals surface area contributed by atoms with Crippen LogP contribution in [0.25, 0.3) is 11.0 Å². The molecule has 3 rings (SSSR count). The van der Waals surface area contributed by atoms with Gasteiger partial charge in [0, 0.05) is 33.4 Å². The molecule has 6 heteroatoms. The van der Waals surface area contributed by atoms with Gasteiger partial charge in [-0.3, -0.25) is 4.90 Å². The molecular weight excluding hydrogens is 294 g/mol. The van der Waals surface area contributed by atoms with Crippen LogP contribution >= 0.6 is 11.7 Å². The van der Waals surface area contributed by atoms with Crippen molar-refractivity contribution in [2.45, 2.75) is 13.1 Å². The minimum Gasteiger partial charge on any atom is -0.363 e. The lowest BCUT2D eigenvalue weighted by atomic mass is 10.2. The van der Waals surface area contributed by atoms with Crippen LogP contribution in [0.5, 0.6) is 0 Å². The van der Waals surface area contributed by atoms with Crippen molar-refractivity contribution >= 4 is 28.6 Å². The zero-order valence-electron chi connectivity index (χ0n) is 13.0. The van der Waals surface area contributed by atoms with Crippen molar-refractivity contribution in [3.63, 3.8) is 0 Å². The molecule has 0 amide bonds. The highest BCUT2D eigenvalue weighted by atomic mass is 32.1. The number of aromatic nitrogens is 3. The van der Waals surface area contributed by atoms with Crippen molar-refractivity contribution in [1.29, 1.82) is 0 Å². The van der Waals surface area contributed by atoms with Crippen LogP contribution in [-0.4, -0.2) is 39.8 Å². The molecule has 2 aromatic heterocycles. The van der Waals surface area contributed by atoms with Gasteiger partial charge in [-0.2, -0.15) is 8.75 Å². The summed E-state index contributed by atoms with van der Waals surface area (Å²) < 4.78 is 8.53. The summed E-state index contributed by atoms with van der Waals surface area (Å²) in [4.78, 5) is 8.73. The van der Waals surface area contributed by atoms with Crippen molar-refractivity contribution in [2.24, 2.45) is 0 Å². The molecule has 0 aliphatic heterocycles. The third-order valence-electron chi connectivity index (χ3n) is 3.49. The molecule has 0 radical (unpaired) electrons. The maximum atomic E-state index is 4.45. The Morgan fingerprint density at radius 3 is 2.36 bits per heavy atom. The zero-order chi connectivity index (χ0) is 15.5. The van der Waals surface area contributed by atoms with Crippen LogP contribution in [0.4, 0.5) is 5.82 Å². The van der Waals surface area contributed by atoms with Crippen molar-refractivity contribution in [2.75, 3.05) is 26.0 Å². The summed E-state index contributed by atoms with van der Waals surface area (Å²) in [5.41, 5.74) is 4.41. The normalized spacial score (nSPS) is 11.3. The Balaban J connectivity index is 1.65. The molecule has 0 unspecified atom stereocenters. The summed E-state index contributed by atoms with van der Waals surface area (Å²) in [6, 6.07) is 10.5. The Morgan fingerprint density at radius 1 is 0.909 bits per heavy atom. The molecule has 0 aliphatic rings. The summed E-state index contributed by atoms with van der Waals surface area (Å²) in [5.74, 6) is 0.980. The van der Waals surface area contributed by atoms with Crippen molar-refractivity contribution < 1.29 is 0 Å². The molecule has 3 aromatic rings. The second-order valence-electron chi connectivity index (χ2n) is 5.68. The maximum Gasteiger partial charge on any atom is 0.127 e. The van der Waals surface area contributed by atoms with Gasteiger partial charge >= 0.3 is 0 Å². The molecule has 22 heavy (non-hydrogen) atoms. The summed E-state index contributed by atoms with van der Waals surface area (Å²) in [5, 5.41) is 0. The maximum absolute atomic E-state index is 4.45. The van der Waals surface area contributed by atoms with E-state index in [2.05, 4.69) is 49.9 Å². The van der Waals surface area contributed by atoms with Gasteiger partial charge in [-0.1, -0.05) is 12.1 Å². The number of fused-ring (bicyclic) bond motifs is 1. The standard InChI is InChI=1S/C16H19N5S/c1-20(2)16-7-5-13(9-17-16)11-21(3)10-12-4-6-14-15(8-12)19-22-18-14/h4-9H,10-11H2,1-3H3. The smallest absolute Gasteiger partial charge is 0.127 e. The minimum absolute atomic E-state index is 0.869. The van der Waals surface area contributed by atoms with Gasteiger partial charge in [-0.15, -0.1) is 0 Å². The first-order chi connectivity index (χ1) is 10.6. The molecule has 0 spiro atoms. The molecule has 2 heterocycles. The average Bonchev–Trinajstić information content (AvgIpc) is 2.95.